The van der Waals surface area contributed by atoms with E-state index < -0.39 is 0 Å². The maximum Gasteiger partial charge on any atom is 0.251 e. The van der Waals surface area contributed by atoms with Crippen LogP contribution in [0.2, 0.25) is 5.02 Å². The van der Waals surface area contributed by atoms with E-state index in [2.05, 4.69) is 17.6 Å². The SMILES string of the molecule is CCCCNC(=O)c1ccc(CNCc2ccccc2Cl)cc1. The number of carbonyl (C=O) groups is 1. The van der Waals surface area contributed by atoms with Gasteiger partial charge in [-0.25, -0.2) is 0 Å². The number of carbonyl (C=O) groups excluding carboxylic acids is 1. The van der Waals surface area contributed by atoms with Crippen molar-refractivity contribution in [3.05, 3.63) is 70.2 Å². The number of rotatable bonds is 8. The van der Waals surface area contributed by atoms with Crippen molar-refractivity contribution >= 4 is 17.5 Å². The Hall–Kier alpha value is -1.84. The molecule has 0 aliphatic heterocycles. The van der Waals surface area contributed by atoms with Gasteiger partial charge in [0.2, 0.25) is 0 Å². The Morgan fingerprint density at radius 3 is 2.48 bits per heavy atom. The van der Waals surface area contributed by atoms with E-state index in [4.69, 9.17) is 11.6 Å². The van der Waals surface area contributed by atoms with Crippen molar-refractivity contribution in [2.45, 2.75) is 32.9 Å². The zero-order valence-corrected chi connectivity index (χ0v) is 14.2. The summed E-state index contributed by atoms with van der Waals surface area (Å²) in [6, 6.07) is 15.5. The molecule has 0 atom stereocenters. The van der Waals surface area contributed by atoms with Crippen molar-refractivity contribution in [2.24, 2.45) is 0 Å². The summed E-state index contributed by atoms with van der Waals surface area (Å²) in [5.41, 5.74) is 2.93. The molecular weight excluding hydrogens is 308 g/mol. The van der Waals surface area contributed by atoms with E-state index in [1.807, 2.05) is 48.5 Å². The summed E-state index contributed by atoms with van der Waals surface area (Å²) in [5, 5.41) is 7.06. The lowest BCUT2D eigenvalue weighted by atomic mass is 10.1. The number of amides is 1. The highest BCUT2D eigenvalue weighted by atomic mass is 35.5. The van der Waals surface area contributed by atoms with Crippen LogP contribution in [-0.4, -0.2) is 12.5 Å². The predicted octanol–water partition coefficient (Wildman–Crippen LogP) is 4.16. The highest BCUT2D eigenvalue weighted by Gasteiger charge is 2.04. The normalized spacial score (nSPS) is 10.5. The van der Waals surface area contributed by atoms with Crippen molar-refractivity contribution < 1.29 is 4.79 Å². The van der Waals surface area contributed by atoms with Crippen molar-refractivity contribution in [2.75, 3.05) is 6.54 Å². The van der Waals surface area contributed by atoms with Crippen molar-refractivity contribution in [3.63, 3.8) is 0 Å². The van der Waals surface area contributed by atoms with Crippen molar-refractivity contribution in [1.82, 2.24) is 10.6 Å². The zero-order valence-electron chi connectivity index (χ0n) is 13.4. The van der Waals surface area contributed by atoms with Gasteiger partial charge in [-0.15, -0.1) is 0 Å². The molecule has 0 aliphatic carbocycles. The molecule has 0 spiro atoms. The highest BCUT2D eigenvalue weighted by Crippen LogP contribution is 2.14. The first-order valence-corrected chi connectivity index (χ1v) is 8.39. The second-order valence-corrected chi connectivity index (χ2v) is 5.91. The van der Waals surface area contributed by atoms with Crippen LogP contribution >= 0.6 is 11.6 Å². The van der Waals surface area contributed by atoms with Gasteiger partial charge in [-0.3, -0.25) is 4.79 Å². The fourth-order valence-electron chi connectivity index (χ4n) is 2.24. The van der Waals surface area contributed by atoms with Gasteiger partial charge in [0.1, 0.15) is 0 Å². The van der Waals surface area contributed by atoms with Gasteiger partial charge in [0.15, 0.2) is 0 Å². The van der Waals surface area contributed by atoms with Crippen LogP contribution in [0.5, 0.6) is 0 Å². The van der Waals surface area contributed by atoms with E-state index in [0.29, 0.717) is 5.56 Å². The maximum absolute atomic E-state index is 11.9. The van der Waals surface area contributed by atoms with Gasteiger partial charge in [0.05, 0.1) is 0 Å². The van der Waals surface area contributed by atoms with Gasteiger partial charge >= 0.3 is 0 Å². The summed E-state index contributed by atoms with van der Waals surface area (Å²) in [7, 11) is 0. The Labute approximate surface area is 143 Å². The van der Waals surface area contributed by atoms with Crippen LogP contribution < -0.4 is 10.6 Å². The first-order chi connectivity index (χ1) is 11.2. The summed E-state index contributed by atoms with van der Waals surface area (Å²) < 4.78 is 0. The quantitative estimate of drug-likeness (QED) is 0.713. The molecule has 2 aromatic rings. The topological polar surface area (TPSA) is 41.1 Å². The molecule has 0 heterocycles. The van der Waals surface area contributed by atoms with Gasteiger partial charge in [-0.1, -0.05) is 55.3 Å². The Morgan fingerprint density at radius 1 is 1.04 bits per heavy atom. The summed E-state index contributed by atoms with van der Waals surface area (Å²) in [6.07, 6.45) is 2.09. The summed E-state index contributed by atoms with van der Waals surface area (Å²) in [4.78, 5) is 11.9. The van der Waals surface area contributed by atoms with Gasteiger partial charge in [-0.2, -0.15) is 0 Å². The summed E-state index contributed by atoms with van der Waals surface area (Å²) in [5.74, 6) is -0.00553. The Kier molecular flexibility index (Phi) is 7.11. The fraction of sp³-hybridized carbons (Fsp3) is 0.316. The molecule has 4 heteroatoms. The van der Waals surface area contributed by atoms with Crippen LogP contribution in [0.15, 0.2) is 48.5 Å². The minimum absolute atomic E-state index is 0.00553. The highest BCUT2D eigenvalue weighted by molar-refractivity contribution is 6.31. The molecule has 0 saturated carbocycles. The van der Waals surface area contributed by atoms with Crippen LogP contribution in [0.1, 0.15) is 41.3 Å². The standard InChI is InChI=1S/C19H23ClN2O/c1-2-3-12-22-19(23)16-10-8-15(9-11-16)13-21-14-17-6-4-5-7-18(17)20/h4-11,21H,2-3,12-14H2,1H3,(H,22,23). The lowest BCUT2D eigenvalue weighted by Gasteiger charge is -2.08. The largest absolute Gasteiger partial charge is 0.352 e. The van der Waals surface area contributed by atoms with Crippen LogP contribution in [-0.2, 0) is 13.1 Å². The second-order valence-electron chi connectivity index (χ2n) is 5.50. The molecule has 0 aromatic heterocycles. The van der Waals surface area contributed by atoms with Crippen LogP contribution in [0, 0.1) is 0 Å². The molecule has 2 N–H and O–H groups in total. The van der Waals surface area contributed by atoms with Gasteiger partial charge in [-0.05, 0) is 35.7 Å². The molecule has 3 nitrogen and oxygen atoms in total. The third-order valence-electron chi connectivity index (χ3n) is 3.63. The fourth-order valence-corrected chi connectivity index (χ4v) is 2.44. The minimum Gasteiger partial charge on any atom is -0.352 e. The Balaban J connectivity index is 1.81. The summed E-state index contributed by atoms with van der Waals surface area (Å²) >= 11 is 6.13. The Morgan fingerprint density at radius 2 is 1.78 bits per heavy atom. The number of unbranched alkanes of at least 4 members (excludes halogenated alkanes) is 1. The molecule has 2 aromatic carbocycles. The average Bonchev–Trinajstić information content (AvgIpc) is 2.57. The maximum atomic E-state index is 11.9. The molecule has 0 aliphatic rings. The monoisotopic (exact) mass is 330 g/mol. The third kappa shape index (κ3) is 5.70. The molecule has 0 unspecified atom stereocenters. The zero-order chi connectivity index (χ0) is 16.5. The van der Waals surface area contributed by atoms with Crippen molar-refractivity contribution in [3.8, 4) is 0 Å². The van der Waals surface area contributed by atoms with Crippen LogP contribution in [0.25, 0.3) is 0 Å². The van der Waals surface area contributed by atoms with Crippen molar-refractivity contribution in [1.29, 1.82) is 0 Å². The van der Waals surface area contributed by atoms with E-state index in [1.165, 1.54) is 0 Å². The first-order valence-electron chi connectivity index (χ1n) is 8.02. The molecule has 23 heavy (non-hydrogen) atoms. The van der Waals surface area contributed by atoms with Gasteiger partial charge in [0, 0.05) is 30.2 Å². The number of benzene rings is 2. The van der Waals surface area contributed by atoms with Gasteiger partial charge in [0.25, 0.3) is 5.91 Å². The third-order valence-corrected chi connectivity index (χ3v) is 4.00. The molecule has 0 radical (unpaired) electrons. The molecular formula is C19H23ClN2O. The van der Waals surface area contributed by atoms with E-state index in [-0.39, 0.29) is 5.91 Å². The lowest BCUT2D eigenvalue weighted by Crippen LogP contribution is -2.24. The van der Waals surface area contributed by atoms with E-state index in [0.717, 1.165) is 48.6 Å². The molecule has 0 bridgehead atoms. The van der Waals surface area contributed by atoms with E-state index in [9.17, 15) is 4.79 Å². The first kappa shape index (κ1) is 17.5. The smallest absolute Gasteiger partial charge is 0.251 e. The number of halogens is 1. The molecule has 0 saturated heterocycles. The average molecular weight is 331 g/mol. The number of hydrogen-bond donors (Lipinski definition) is 2. The van der Waals surface area contributed by atoms with Crippen LogP contribution in [0.4, 0.5) is 0 Å². The number of hydrogen-bond acceptors (Lipinski definition) is 2. The number of nitrogens with one attached hydrogen (secondary N) is 2. The Bertz CT molecular complexity index is 626. The van der Waals surface area contributed by atoms with E-state index in [1.54, 1.807) is 0 Å². The summed E-state index contributed by atoms with van der Waals surface area (Å²) in [6.45, 7) is 4.30. The second kappa shape index (κ2) is 9.33. The lowest BCUT2D eigenvalue weighted by molar-refractivity contribution is 0.0953. The van der Waals surface area contributed by atoms with Crippen LogP contribution in [0.3, 0.4) is 0 Å². The van der Waals surface area contributed by atoms with Gasteiger partial charge < -0.3 is 10.6 Å². The molecule has 1 amide bonds. The van der Waals surface area contributed by atoms with E-state index >= 15 is 0 Å². The minimum atomic E-state index is -0.00553. The molecule has 0 fully saturated rings. The molecule has 122 valence electrons. The predicted molar refractivity (Wildman–Crippen MR) is 95.7 cm³/mol. The molecule has 2 rings (SSSR count).